The highest BCUT2D eigenvalue weighted by Crippen LogP contribution is 2.29. The van der Waals surface area contributed by atoms with Gasteiger partial charge in [0.1, 0.15) is 24.2 Å². The highest BCUT2D eigenvalue weighted by molar-refractivity contribution is 7.92. The van der Waals surface area contributed by atoms with Crippen LogP contribution in [-0.4, -0.2) is 77.0 Å². The van der Waals surface area contributed by atoms with Crippen LogP contribution in [0.4, 0.5) is 23.1 Å². The molecule has 12 heteroatoms. The first-order valence-corrected chi connectivity index (χ1v) is 16.7. The predicted molar refractivity (Wildman–Crippen MR) is 135 cm³/mol. The van der Waals surface area contributed by atoms with Gasteiger partial charge in [-0.1, -0.05) is 19.6 Å². The number of sulfonamides is 1. The molecule has 0 unspecified atom stereocenters. The topological polar surface area (TPSA) is 102 Å². The van der Waals surface area contributed by atoms with E-state index in [1.54, 1.807) is 23.0 Å². The minimum absolute atomic E-state index is 0.128. The fourth-order valence-electron chi connectivity index (χ4n) is 3.36. The van der Waals surface area contributed by atoms with Crippen molar-refractivity contribution in [3.05, 3.63) is 24.4 Å². The smallest absolute Gasteiger partial charge is 0.231 e. The molecule has 0 amide bonds. The van der Waals surface area contributed by atoms with Crippen molar-refractivity contribution >= 4 is 41.2 Å². The number of aromatic nitrogens is 3. The van der Waals surface area contributed by atoms with Crippen LogP contribution in [0.15, 0.2) is 24.4 Å². The Hall–Kier alpha value is -2.15. The lowest BCUT2D eigenvalue weighted by molar-refractivity contribution is 0.0801. The second kappa shape index (κ2) is 10.4. The van der Waals surface area contributed by atoms with Crippen molar-refractivity contribution in [1.29, 1.82) is 0 Å². The highest BCUT2D eigenvalue weighted by atomic mass is 32.2. The Morgan fingerprint density at radius 2 is 2.09 bits per heavy atom. The summed E-state index contributed by atoms with van der Waals surface area (Å²) in [5, 5.41) is 7.64. The molecule has 0 aromatic carbocycles. The predicted octanol–water partition coefficient (Wildman–Crippen LogP) is 2.95. The van der Waals surface area contributed by atoms with Gasteiger partial charge in [0.2, 0.25) is 10.0 Å². The van der Waals surface area contributed by atoms with E-state index in [0.29, 0.717) is 50.4 Å². The highest BCUT2D eigenvalue weighted by Gasteiger charge is 2.23. The van der Waals surface area contributed by atoms with Crippen LogP contribution in [-0.2, 0) is 26.2 Å². The van der Waals surface area contributed by atoms with Crippen LogP contribution in [0.2, 0.25) is 25.7 Å². The van der Waals surface area contributed by atoms with Crippen LogP contribution in [0, 0.1) is 0 Å². The van der Waals surface area contributed by atoms with Crippen LogP contribution in [0.5, 0.6) is 0 Å². The van der Waals surface area contributed by atoms with Crippen molar-refractivity contribution in [2.75, 3.05) is 54.2 Å². The van der Waals surface area contributed by atoms with E-state index in [4.69, 9.17) is 14.5 Å². The summed E-state index contributed by atoms with van der Waals surface area (Å²) in [7, 11) is -3.05. The molecule has 1 N–H and O–H groups in total. The molecule has 184 valence electrons. The molecule has 1 aliphatic rings. The van der Waals surface area contributed by atoms with Gasteiger partial charge in [0.15, 0.2) is 0 Å². The zero-order chi connectivity index (χ0) is 24.2. The van der Waals surface area contributed by atoms with Crippen molar-refractivity contribution < 1.29 is 17.9 Å². The molecule has 2 aromatic heterocycles. The number of pyridine rings is 1. The number of nitrogens with one attached hydrogen (secondary N) is 1. The Morgan fingerprint density at radius 1 is 1.33 bits per heavy atom. The fourth-order valence-corrected chi connectivity index (χ4v) is 4.60. The molecule has 33 heavy (non-hydrogen) atoms. The molecule has 0 bridgehead atoms. The van der Waals surface area contributed by atoms with E-state index in [1.165, 1.54) is 17.6 Å². The first kappa shape index (κ1) is 25.5. The third-order valence-corrected chi connectivity index (χ3v) is 8.41. The van der Waals surface area contributed by atoms with Gasteiger partial charge in [0.05, 0.1) is 37.4 Å². The van der Waals surface area contributed by atoms with Crippen molar-refractivity contribution in [3.8, 4) is 0 Å². The molecule has 1 fully saturated rings. The van der Waals surface area contributed by atoms with E-state index in [2.05, 4.69) is 41.9 Å². The summed E-state index contributed by atoms with van der Waals surface area (Å²) in [6.07, 6.45) is 2.88. The van der Waals surface area contributed by atoms with Crippen LogP contribution >= 0.6 is 0 Å². The minimum Gasteiger partial charge on any atom is -0.377 e. The van der Waals surface area contributed by atoms with Gasteiger partial charge in [-0.3, -0.25) is 4.31 Å². The molecule has 0 aliphatic carbocycles. The number of hydrogen-bond acceptors (Lipinski definition) is 8. The van der Waals surface area contributed by atoms with Crippen LogP contribution in [0.25, 0.3) is 0 Å². The molecule has 3 heterocycles. The van der Waals surface area contributed by atoms with Gasteiger partial charge in [-0.2, -0.15) is 5.10 Å². The van der Waals surface area contributed by atoms with Gasteiger partial charge >= 0.3 is 0 Å². The van der Waals surface area contributed by atoms with E-state index in [9.17, 15) is 8.42 Å². The number of anilines is 4. The third kappa shape index (κ3) is 7.16. The zero-order valence-electron chi connectivity index (χ0n) is 20.4. The summed E-state index contributed by atoms with van der Waals surface area (Å²) in [4.78, 5) is 6.91. The Morgan fingerprint density at radius 3 is 2.76 bits per heavy atom. The molecular weight excluding hydrogens is 460 g/mol. The average molecular weight is 497 g/mol. The summed E-state index contributed by atoms with van der Waals surface area (Å²) < 4.78 is 38.8. The summed E-state index contributed by atoms with van der Waals surface area (Å²) in [5.41, 5.74) is 0.529. The number of hydrogen-bond donors (Lipinski definition) is 1. The second-order valence-electron chi connectivity index (χ2n) is 9.61. The monoisotopic (exact) mass is 496 g/mol. The van der Waals surface area contributed by atoms with Crippen molar-refractivity contribution in [2.45, 2.75) is 45.4 Å². The van der Waals surface area contributed by atoms with E-state index in [-0.39, 0.29) is 6.04 Å². The van der Waals surface area contributed by atoms with Crippen LogP contribution in [0.1, 0.15) is 6.92 Å². The average Bonchev–Trinajstić information content (AvgIpc) is 3.16. The van der Waals surface area contributed by atoms with E-state index in [1.807, 2.05) is 6.07 Å². The molecule has 10 nitrogen and oxygen atoms in total. The molecule has 0 spiro atoms. The maximum atomic E-state index is 12.2. The van der Waals surface area contributed by atoms with Crippen molar-refractivity contribution in [2.24, 2.45) is 0 Å². The SMILES string of the molecule is C[C@@H]1COCCN1c1cc(N(C)S(C)(=O)=O)cc(Nc2ccnn2COCC[Si](C)(C)C)n1. The molecule has 1 saturated heterocycles. The molecule has 0 saturated carbocycles. The molecule has 1 atom stereocenters. The normalized spacial score (nSPS) is 17.3. The number of ether oxygens (including phenoxy) is 2. The molecule has 3 rings (SSSR count). The molecular formula is C21H36N6O4SSi. The third-order valence-electron chi connectivity index (χ3n) is 5.50. The van der Waals surface area contributed by atoms with E-state index >= 15 is 0 Å². The lowest BCUT2D eigenvalue weighted by Gasteiger charge is -2.35. The Kier molecular flexibility index (Phi) is 8.03. The lowest BCUT2D eigenvalue weighted by Crippen LogP contribution is -2.44. The molecule has 0 radical (unpaired) electrons. The maximum Gasteiger partial charge on any atom is 0.231 e. The Balaban J connectivity index is 1.84. The van der Waals surface area contributed by atoms with Gasteiger partial charge in [-0.05, 0) is 13.0 Å². The maximum absolute atomic E-state index is 12.2. The Labute approximate surface area is 197 Å². The quantitative estimate of drug-likeness (QED) is 0.396. The summed E-state index contributed by atoms with van der Waals surface area (Å²) in [5.74, 6) is 1.94. The molecule has 2 aromatic rings. The van der Waals surface area contributed by atoms with Crippen molar-refractivity contribution in [1.82, 2.24) is 14.8 Å². The fraction of sp³-hybridized carbons (Fsp3) is 0.619. The largest absolute Gasteiger partial charge is 0.377 e. The van der Waals surface area contributed by atoms with Gasteiger partial charge < -0.3 is 19.7 Å². The second-order valence-corrected chi connectivity index (χ2v) is 17.2. The Bertz CT molecular complexity index is 1040. The summed E-state index contributed by atoms with van der Waals surface area (Å²) in [6.45, 7) is 11.9. The van der Waals surface area contributed by atoms with Crippen LogP contribution in [0.3, 0.4) is 0 Å². The zero-order valence-corrected chi connectivity index (χ0v) is 22.2. The summed E-state index contributed by atoms with van der Waals surface area (Å²) in [6, 6.07) is 6.57. The standard InChI is InChI=1S/C21H36N6O4SSi/c1-17-15-30-10-9-26(17)21-14-18(25(2)32(3,28)29)13-19(24-21)23-20-7-8-22-27(20)16-31-11-12-33(4,5)6/h7-8,13-14,17H,9-12,15-16H2,1-6H3,(H,23,24)/t17-/m1/s1. The van der Waals surface area contributed by atoms with Crippen LogP contribution < -0.4 is 14.5 Å². The number of nitrogens with zero attached hydrogens (tertiary/aromatic N) is 5. The first-order chi connectivity index (χ1) is 15.4. The summed E-state index contributed by atoms with van der Waals surface area (Å²) >= 11 is 0. The van der Waals surface area contributed by atoms with E-state index < -0.39 is 18.1 Å². The van der Waals surface area contributed by atoms with Gasteiger partial charge in [-0.15, -0.1) is 0 Å². The van der Waals surface area contributed by atoms with E-state index in [0.717, 1.165) is 11.9 Å². The first-order valence-electron chi connectivity index (χ1n) is 11.1. The van der Waals surface area contributed by atoms with Gasteiger partial charge in [0, 0.05) is 46.5 Å². The van der Waals surface area contributed by atoms with Gasteiger partial charge in [0.25, 0.3) is 0 Å². The van der Waals surface area contributed by atoms with Crippen molar-refractivity contribution in [3.63, 3.8) is 0 Å². The lowest BCUT2D eigenvalue weighted by atomic mass is 10.2. The minimum atomic E-state index is -3.43. The number of morpholine rings is 1. The van der Waals surface area contributed by atoms with Gasteiger partial charge in [-0.25, -0.2) is 18.1 Å². The number of rotatable bonds is 10. The molecule has 1 aliphatic heterocycles.